The van der Waals surface area contributed by atoms with Crippen LogP contribution in [0.5, 0.6) is 0 Å². The van der Waals surface area contributed by atoms with Crippen molar-refractivity contribution < 1.29 is 8.42 Å². The van der Waals surface area contributed by atoms with Gasteiger partial charge in [-0.1, -0.05) is 15.9 Å². The fourth-order valence-corrected chi connectivity index (χ4v) is 4.94. The largest absolute Gasteiger partial charge is 0.309 e. The van der Waals surface area contributed by atoms with Crippen LogP contribution < -0.4 is 5.32 Å². The van der Waals surface area contributed by atoms with Gasteiger partial charge in [0.05, 0.1) is 22.9 Å². The summed E-state index contributed by atoms with van der Waals surface area (Å²) in [4.78, 5) is 0. The van der Waals surface area contributed by atoms with E-state index < -0.39 is 9.84 Å². The van der Waals surface area contributed by atoms with Gasteiger partial charge < -0.3 is 5.32 Å². The number of hydrogen-bond donors (Lipinski definition) is 1. The molecule has 1 saturated heterocycles. The normalized spacial score (nSPS) is 20.0. The van der Waals surface area contributed by atoms with Crippen LogP contribution in [0.25, 0.3) is 5.69 Å². The lowest BCUT2D eigenvalue weighted by molar-refractivity contribution is 0.552. The maximum atomic E-state index is 11.5. The molecule has 1 atom stereocenters. The van der Waals surface area contributed by atoms with Crippen LogP contribution in [0.2, 0.25) is 0 Å². The van der Waals surface area contributed by atoms with E-state index in [1.165, 1.54) is 0 Å². The topological polar surface area (TPSA) is 64.0 Å². The summed E-state index contributed by atoms with van der Waals surface area (Å²) in [5.74, 6) is 0.534. The van der Waals surface area contributed by atoms with Gasteiger partial charge in [-0.05, 0) is 44.5 Å². The molecule has 1 aliphatic heterocycles. The molecule has 1 fully saturated rings. The van der Waals surface area contributed by atoms with E-state index in [1.54, 1.807) is 0 Å². The zero-order valence-corrected chi connectivity index (χ0v) is 15.6. The predicted octanol–water partition coefficient (Wildman–Crippen LogP) is 2.53. The summed E-state index contributed by atoms with van der Waals surface area (Å²) >= 11 is 3.44. The Labute approximate surface area is 145 Å². The second kappa shape index (κ2) is 6.37. The Morgan fingerprint density at radius 1 is 1.30 bits per heavy atom. The minimum Gasteiger partial charge on any atom is -0.309 e. The Morgan fingerprint density at radius 2 is 2.00 bits per heavy atom. The first-order valence-corrected chi connectivity index (χ1v) is 10.2. The molecule has 0 saturated carbocycles. The zero-order valence-electron chi connectivity index (χ0n) is 13.2. The van der Waals surface area contributed by atoms with Crippen LogP contribution in [-0.4, -0.2) is 35.7 Å². The molecule has 0 radical (unpaired) electrons. The van der Waals surface area contributed by atoms with Crippen molar-refractivity contribution in [3.63, 3.8) is 0 Å². The molecule has 124 valence electrons. The van der Waals surface area contributed by atoms with Crippen LogP contribution in [0.1, 0.15) is 23.4 Å². The molecule has 1 aromatic carbocycles. The fraction of sp³-hybridized carbons (Fsp3) is 0.438. The second-order valence-corrected chi connectivity index (χ2v) is 9.16. The molecule has 2 aromatic rings. The van der Waals surface area contributed by atoms with E-state index in [0.29, 0.717) is 18.7 Å². The van der Waals surface area contributed by atoms with Crippen LogP contribution >= 0.6 is 15.9 Å². The molecular weight excluding hydrogens is 378 g/mol. The van der Waals surface area contributed by atoms with Gasteiger partial charge in [0.15, 0.2) is 9.84 Å². The Balaban J connectivity index is 1.77. The number of aryl methyl sites for hydroxylation is 1. The minimum atomic E-state index is -2.85. The highest BCUT2D eigenvalue weighted by molar-refractivity contribution is 9.10. The number of sulfone groups is 1. The number of rotatable bonds is 4. The highest BCUT2D eigenvalue weighted by atomic mass is 79.9. The van der Waals surface area contributed by atoms with E-state index in [9.17, 15) is 8.42 Å². The number of nitrogens with zero attached hydrogens (tertiary/aromatic N) is 2. The summed E-state index contributed by atoms with van der Waals surface area (Å²) in [6.07, 6.45) is 0.696. The summed E-state index contributed by atoms with van der Waals surface area (Å²) in [5.41, 5.74) is 4.21. The van der Waals surface area contributed by atoms with Gasteiger partial charge in [-0.15, -0.1) is 0 Å². The van der Waals surface area contributed by atoms with E-state index in [1.807, 2.05) is 42.8 Å². The first kappa shape index (κ1) is 16.7. The molecular formula is C16H20BrN3O2S. The highest BCUT2D eigenvalue weighted by Crippen LogP contribution is 2.20. The van der Waals surface area contributed by atoms with Crippen molar-refractivity contribution in [1.29, 1.82) is 0 Å². The molecule has 5 nitrogen and oxygen atoms in total. The molecule has 2 heterocycles. The molecule has 1 N–H and O–H groups in total. The highest BCUT2D eigenvalue weighted by Gasteiger charge is 2.27. The monoisotopic (exact) mass is 397 g/mol. The maximum absolute atomic E-state index is 11.5. The number of aromatic nitrogens is 2. The molecule has 7 heteroatoms. The first-order chi connectivity index (χ1) is 10.9. The molecule has 0 aliphatic carbocycles. The van der Waals surface area contributed by atoms with Crippen LogP contribution in [-0.2, 0) is 16.4 Å². The molecule has 3 rings (SSSR count). The SMILES string of the molecule is Cc1nn(-c2ccc(Br)cc2)c(C)c1CNC1CCS(=O)(=O)C1. The van der Waals surface area contributed by atoms with Gasteiger partial charge in [0, 0.05) is 28.3 Å². The Bertz CT molecular complexity index is 813. The standard InChI is InChI=1S/C16H20BrN3O2S/c1-11-16(9-18-14-7-8-23(21,22)10-14)12(2)20(19-11)15-5-3-13(17)4-6-15/h3-6,14,18H,7-10H2,1-2H3. The van der Waals surface area contributed by atoms with E-state index >= 15 is 0 Å². The van der Waals surface area contributed by atoms with Crippen molar-refractivity contribution in [2.45, 2.75) is 32.9 Å². The number of benzene rings is 1. The van der Waals surface area contributed by atoms with Crippen molar-refractivity contribution in [1.82, 2.24) is 15.1 Å². The third-order valence-electron chi connectivity index (χ3n) is 4.31. The Morgan fingerprint density at radius 3 is 2.61 bits per heavy atom. The van der Waals surface area contributed by atoms with E-state index in [-0.39, 0.29) is 11.8 Å². The molecule has 0 amide bonds. The Hall–Kier alpha value is -1.18. The number of nitrogens with one attached hydrogen (secondary N) is 1. The van der Waals surface area contributed by atoms with Gasteiger partial charge >= 0.3 is 0 Å². The second-order valence-electron chi connectivity index (χ2n) is 6.02. The van der Waals surface area contributed by atoms with Crippen molar-refractivity contribution in [3.05, 3.63) is 45.7 Å². The average molecular weight is 398 g/mol. The average Bonchev–Trinajstić information content (AvgIpc) is 2.98. The van der Waals surface area contributed by atoms with Crippen LogP contribution in [0.4, 0.5) is 0 Å². The van der Waals surface area contributed by atoms with Gasteiger partial charge in [-0.3, -0.25) is 0 Å². The van der Waals surface area contributed by atoms with Gasteiger partial charge in [-0.25, -0.2) is 13.1 Å². The quantitative estimate of drug-likeness (QED) is 0.860. The maximum Gasteiger partial charge on any atom is 0.151 e. The number of hydrogen-bond acceptors (Lipinski definition) is 4. The molecule has 0 bridgehead atoms. The lowest BCUT2D eigenvalue weighted by atomic mass is 10.1. The summed E-state index contributed by atoms with van der Waals surface area (Å²) in [5, 5.41) is 8.00. The molecule has 1 unspecified atom stereocenters. The van der Waals surface area contributed by atoms with E-state index in [4.69, 9.17) is 0 Å². The van der Waals surface area contributed by atoms with Crippen molar-refractivity contribution in [2.24, 2.45) is 0 Å². The van der Waals surface area contributed by atoms with Crippen molar-refractivity contribution in [3.8, 4) is 5.69 Å². The first-order valence-electron chi connectivity index (χ1n) is 7.60. The summed E-state index contributed by atoms with van der Waals surface area (Å²) < 4.78 is 26.1. The van der Waals surface area contributed by atoms with Crippen molar-refractivity contribution in [2.75, 3.05) is 11.5 Å². The van der Waals surface area contributed by atoms with Crippen molar-refractivity contribution >= 4 is 25.8 Å². The third kappa shape index (κ3) is 3.67. The predicted molar refractivity (Wildman–Crippen MR) is 94.6 cm³/mol. The fourth-order valence-electron chi connectivity index (χ4n) is 2.97. The number of halogens is 1. The third-order valence-corrected chi connectivity index (χ3v) is 6.61. The van der Waals surface area contributed by atoms with Gasteiger partial charge in [0.25, 0.3) is 0 Å². The van der Waals surface area contributed by atoms with Crippen LogP contribution in [0.3, 0.4) is 0 Å². The van der Waals surface area contributed by atoms with E-state index in [2.05, 4.69) is 26.3 Å². The van der Waals surface area contributed by atoms with Crippen LogP contribution in [0, 0.1) is 13.8 Å². The molecule has 0 spiro atoms. The lowest BCUT2D eigenvalue weighted by Gasteiger charge is -2.11. The smallest absolute Gasteiger partial charge is 0.151 e. The molecule has 1 aliphatic rings. The van der Waals surface area contributed by atoms with E-state index in [0.717, 1.165) is 27.1 Å². The summed E-state index contributed by atoms with van der Waals surface area (Å²) in [7, 11) is -2.85. The summed E-state index contributed by atoms with van der Waals surface area (Å²) in [6, 6.07) is 8.07. The van der Waals surface area contributed by atoms with Crippen LogP contribution in [0.15, 0.2) is 28.7 Å². The van der Waals surface area contributed by atoms with Gasteiger partial charge in [-0.2, -0.15) is 5.10 Å². The van der Waals surface area contributed by atoms with Gasteiger partial charge in [0.1, 0.15) is 0 Å². The zero-order chi connectivity index (χ0) is 16.6. The lowest BCUT2D eigenvalue weighted by Crippen LogP contribution is -2.29. The summed E-state index contributed by atoms with van der Waals surface area (Å²) in [6.45, 7) is 4.68. The molecule has 23 heavy (non-hydrogen) atoms. The van der Waals surface area contributed by atoms with Gasteiger partial charge in [0.2, 0.25) is 0 Å². The molecule has 1 aromatic heterocycles. The minimum absolute atomic E-state index is 0.0508. The Kier molecular flexibility index (Phi) is 4.62.